The average molecular weight is 330 g/mol. The second-order valence-electron chi connectivity index (χ2n) is 5.72. The maximum Gasteiger partial charge on any atom is 0.327 e. The Bertz CT molecular complexity index is 768. The molecular formula is C17H16ClN3O2. The molecule has 6 heteroatoms. The molecule has 2 amide bonds. The summed E-state index contributed by atoms with van der Waals surface area (Å²) < 4.78 is 6.21. The summed E-state index contributed by atoms with van der Waals surface area (Å²) in [6.07, 6.45) is 2.51. The lowest BCUT2D eigenvalue weighted by Gasteiger charge is -2.51. The average Bonchev–Trinajstić information content (AvgIpc) is 2.60. The number of hydrogen-bond donors (Lipinski definition) is 0. The summed E-state index contributed by atoms with van der Waals surface area (Å²) in [5, 5.41) is 0.607. The molecule has 0 bridgehead atoms. The lowest BCUT2D eigenvalue weighted by atomic mass is 9.90. The van der Waals surface area contributed by atoms with E-state index in [1.54, 1.807) is 29.1 Å². The first-order chi connectivity index (χ1) is 11.1. The number of fused-ring (bicyclic) bond motifs is 3. The Morgan fingerprint density at radius 3 is 2.96 bits per heavy atom. The molecule has 118 valence electrons. The Morgan fingerprint density at radius 1 is 1.30 bits per heavy atom. The molecule has 1 saturated heterocycles. The van der Waals surface area contributed by atoms with E-state index in [9.17, 15) is 4.79 Å². The van der Waals surface area contributed by atoms with E-state index in [0.29, 0.717) is 23.9 Å². The van der Waals surface area contributed by atoms with Gasteiger partial charge in [-0.1, -0.05) is 17.7 Å². The third-order valence-electron chi connectivity index (χ3n) is 4.43. The van der Waals surface area contributed by atoms with Gasteiger partial charge in [-0.05, 0) is 36.8 Å². The van der Waals surface area contributed by atoms with E-state index in [1.807, 2.05) is 30.3 Å². The molecule has 0 N–H and O–H groups in total. The zero-order chi connectivity index (χ0) is 16.0. The van der Waals surface area contributed by atoms with Crippen molar-refractivity contribution >= 4 is 23.3 Å². The summed E-state index contributed by atoms with van der Waals surface area (Å²) in [4.78, 5) is 20.8. The van der Waals surface area contributed by atoms with Crippen LogP contribution in [0.15, 0.2) is 42.6 Å². The van der Waals surface area contributed by atoms with Crippen molar-refractivity contribution in [3.63, 3.8) is 0 Å². The van der Waals surface area contributed by atoms with E-state index in [-0.39, 0.29) is 6.03 Å². The van der Waals surface area contributed by atoms with Crippen molar-refractivity contribution in [3.05, 3.63) is 58.9 Å². The third kappa shape index (κ3) is 1.97. The van der Waals surface area contributed by atoms with Gasteiger partial charge >= 0.3 is 6.03 Å². The van der Waals surface area contributed by atoms with Crippen LogP contribution < -0.4 is 4.90 Å². The van der Waals surface area contributed by atoms with Gasteiger partial charge in [0.1, 0.15) is 0 Å². The number of pyridine rings is 1. The number of rotatable bonds is 1. The van der Waals surface area contributed by atoms with Crippen LogP contribution in [0.2, 0.25) is 5.02 Å². The van der Waals surface area contributed by atoms with Gasteiger partial charge in [0.25, 0.3) is 0 Å². The number of nitrogens with zero attached hydrogens (tertiary/aromatic N) is 3. The summed E-state index contributed by atoms with van der Waals surface area (Å²) >= 11 is 6.24. The van der Waals surface area contributed by atoms with Crippen molar-refractivity contribution in [2.24, 2.45) is 0 Å². The number of hydrogen-bond acceptors (Lipinski definition) is 3. The van der Waals surface area contributed by atoms with Crippen molar-refractivity contribution in [2.75, 3.05) is 25.1 Å². The second-order valence-corrected chi connectivity index (χ2v) is 6.15. The van der Waals surface area contributed by atoms with Gasteiger partial charge in [-0.3, -0.25) is 14.8 Å². The maximum atomic E-state index is 12.9. The summed E-state index contributed by atoms with van der Waals surface area (Å²) in [6.45, 7) is 1.18. The molecule has 1 fully saturated rings. The van der Waals surface area contributed by atoms with Gasteiger partial charge in [0.05, 0.1) is 18.0 Å². The molecule has 4 rings (SSSR count). The number of ether oxygens (including phenoxy) is 1. The van der Waals surface area contributed by atoms with Crippen molar-refractivity contribution < 1.29 is 9.53 Å². The molecule has 0 aliphatic carbocycles. The van der Waals surface area contributed by atoms with E-state index in [4.69, 9.17) is 16.3 Å². The van der Waals surface area contributed by atoms with E-state index in [2.05, 4.69) is 4.98 Å². The van der Waals surface area contributed by atoms with E-state index in [1.165, 1.54) is 0 Å². The summed E-state index contributed by atoms with van der Waals surface area (Å²) in [7, 11) is 1.77. The highest BCUT2D eigenvalue weighted by Crippen LogP contribution is 2.47. The Balaban J connectivity index is 2.04. The quantitative estimate of drug-likeness (QED) is 0.807. The van der Waals surface area contributed by atoms with Gasteiger partial charge < -0.3 is 4.74 Å². The zero-order valence-electron chi connectivity index (χ0n) is 12.7. The van der Waals surface area contributed by atoms with Crippen LogP contribution in [0.25, 0.3) is 0 Å². The minimum absolute atomic E-state index is 0.0924. The van der Waals surface area contributed by atoms with E-state index in [0.717, 1.165) is 17.7 Å². The first-order valence-corrected chi connectivity index (χ1v) is 7.93. The summed E-state index contributed by atoms with van der Waals surface area (Å²) in [6, 6.07) is 11.1. The Morgan fingerprint density at radius 2 is 2.17 bits per heavy atom. The van der Waals surface area contributed by atoms with Crippen LogP contribution in [0.4, 0.5) is 10.5 Å². The van der Waals surface area contributed by atoms with Gasteiger partial charge in [0.2, 0.25) is 5.72 Å². The summed E-state index contributed by atoms with van der Waals surface area (Å²) in [5.74, 6) is 0. The molecule has 2 aliphatic rings. The van der Waals surface area contributed by atoms with E-state index < -0.39 is 5.72 Å². The lowest BCUT2D eigenvalue weighted by molar-refractivity contribution is -0.146. The van der Waals surface area contributed by atoms with Crippen LogP contribution in [0.3, 0.4) is 0 Å². The number of carbonyl (C=O) groups is 1. The molecule has 3 heterocycles. The SMILES string of the molecule is CN1C(=O)N2CCCOC2(c2ccccn2)c2cc(Cl)ccc21. The highest BCUT2D eigenvalue weighted by atomic mass is 35.5. The molecule has 0 radical (unpaired) electrons. The molecule has 0 saturated carbocycles. The monoisotopic (exact) mass is 329 g/mol. The van der Waals surface area contributed by atoms with Gasteiger partial charge in [-0.2, -0.15) is 0 Å². The third-order valence-corrected chi connectivity index (χ3v) is 4.67. The molecule has 1 unspecified atom stereocenters. The van der Waals surface area contributed by atoms with Gasteiger partial charge in [-0.15, -0.1) is 0 Å². The first kappa shape index (κ1) is 14.5. The number of anilines is 1. The molecule has 2 aliphatic heterocycles. The smallest absolute Gasteiger partial charge is 0.327 e. The number of carbonyl (C=O) groups excluding carboxylic acids is 1. The molecule has 1 atom stereocenters. The largest absolute Gasteiger partial charge is 0.346 e. The number of halogens is 1. The second kappa shape index (κ2) is 5.22. The topological polar surface area (TPSA) is 45.7 Å². The number of aromatic nitrogens is 1. The highest BCUT2D eigenvalue weighted by molar-refractivity contribution is 6.30. The van der Waals surface area contributed by atoms with Crippen LogP contribution in [0, 0.1) is 0 Å². The normalized spacial score (nSPS) is 23.5. The highest BCUT2D eigenvalue weighted by Gasteiger charge is 2.53. The predicted octanol–water partition coefficient (Wildman–Crippen LogP) is 3.23. The molecule has 0 spiro atoms. The minimum Gasteiger partial charge on any atom is -0.346 e. The number of benzene rings is 1. The fourth-order valence-corrected chi connectivity index (χ4v) is 3.57. The Kier molecular flexibility index (Phi) is 3.28. The zero-order valence-corrected chi connectivity index (χ0v) is 13.5. The molecule has 5 nitrogen and oxygen atoms in total. The standard InChI is InChI=1S/C17H16ClN3O2/c1-20-14-7-6-12(18)11-13(14)17(15-5-2-3-8-19-15)21(16(20)22)9-4-10-23-17/h2-3,5-8,11H,4,9-10H2,1H3. The first-order valence-electron chi connectivity index (χ1n) is 7.55. The van der Waals surface area contributed by atoms with Crippen LogP contribution in [0.1, 0.15) is 17.7 Å². The molecule has 1 aromatic carbocycles. The lowest BCUT2D eigenvalue weighted by Crippen LogP contribution is -2.62. The maximum absolute atomic E-state index is 12.9. The van der Waals surface area contributed by atoms with Crippen molar-refractivity contribution in [1.82, 2.24) is 9.88 Å². The van der Waals surface area contributed by atoms with Gasteiger partial charge in [0.15, 0.2) is 0 Å². The Hall–Kier alpha value is -2.11. The number of amides is 2. The fraction of sp³-hybridized carbons (Fsp3) is 0.294. The van der Waals surface area contributed by atoms with Crippen LogP contribution in [-0.2, 0) is 10.5 Å². The van der Waals surface area contributed by atoms with Gasteiger partial charge in [0, 0.05) is 30.4 Å². The molecule has 1 aromatic heterocycles. The number of urea groups is 1. The summed E-state index contributed by atoms with van der Waals surface area (Å²) in [5.41, 5.74) is 1.34. The van der Waals surface area contributed by atoms with Crippen LogP contribution in [0.5, 0.6) is 0 Å². The van der Waals surface area contributed by atoms with Crippen molar-refractivity contribution in [1.29, 1.82) is 0 Å². The Labute approximate surface area is 139 Å². The molecular weight excluding hydrogens is 314 g/mol. The molecule has 23 heavy (non-hydrogen) atoms. The van der Waals surface area contributed by atoms with Crippen molar-refractivity contribution in [3.8, 4) is 0 Å². The predicted molar refractivity (Wildman–Crippen MR) is 87.5 cm³/mol. The van der Waals surface area contributed by atoms with Crippen LogP contribution in [-0.4, -0.2) is 36.1 Å². The van der Waals surface area contributed by atoms with Crippen LogP contribution >= 0.6 is 11.6 Å². The van der Waals surface area contributed by atoms with E-state index >= 15 is 0 Å². The van der Waals surface area contributed by atoms with Gasteiger partial charge in [-0.25, -0.2) is 4.79 Å². The minimum atomic E-state index is -1.01. The fourth-order valence-electron chi connectivity index (χ4n) is 3.40. The van der Waals surface area contributed by atoms with Crippen molar-refractivity contribution in [2.45, 2.75) is 12.1 Å². The molecule has 2 aromatic rings.